The molecule has 1 aliphatic heterocycles. The predicted octanol–water partition coefficient (Wildman–Crippen LogP) is -0.959. The second-order valence-electron chi connectivity index (χ2n) is 4.80. The van der Waals surface area contributed by atoms with E-state index in [9.17, 15) is 15.3 Å². The van der Waals surface area contributed by atoms with E-state index in [0.29, 0.717) is 0 Å². The Morgan fingerprint density at radius 3 is 2.57 bits per heavy atom. The first kappa shape index (κ1) is 16.0. The topological polar surface area (TPSA) is 112 Å². The molecular formula is C14H19NO6. The maximum atomic E-state index is 9.81. The van der Waals surface area contributed by atoms with E-state index in [0.717, 1.165) is 11.3 Å². The van der Waals surface area contributed by atoms with Gasteiger partial charge in [-0.2, -0.15) is 0 Å². The molecule has 0 saturated carbocycles. The summed E-state index contributed by atoms with van der Waals surface area (Å²) in [5.41, 5.74) is 1.48. The summed E-state index contributed by atoms with van der Waals surface area (Å²) in [6.45, 7) is 3.22. The molecule has 1 aliphatic rings. The Balaban J connectivity index is 1.96. The van der Waals surface area contributed by atoms with Crippen molar-refractivity contribution in [1.29, 1.82) is 0 Å². The van der Waals surface area contributed by atoms with Crippen molar-refractivity contribution in [1.82, 2.24) is 4.98 Å². The fourth-order valence-electron chi connectivity index (χ4n) is 2.03. The summed E-state index contributed by atoms with van der Waals surface area (Å²) < 4.78 is 10.6. The third-order valence-corrected chi connectivity index (χ3v) is 3.32. The van der Waals surface area contributed by atoms with Crippen LogP contribution >= 0.6 is 0 Å². The van der Waals surface area contributed by atoms with Crippen LogP contribution in [0.3, 0.4) is 0 Å². The smallest absolute Gasteiger partial charge is 0.187 e. The van der Waals surface area contributed by atoms with Gasteiger partial charge in [0.2, 0.25) is 0 Å². The highest BCUT2D eigenvalue weighted by atomic mass is 16.7. The van der Waals surface area contributed by atoms with Crippen LogP contribution < -0.4 is 0 Å². The summed E-state index contributed by atoms with van der Waals surface area (Å²) in [4.78, 5) is 4.11. The largest absolute Gasteiger partial charge is 0.394 e. The van der Waals surface area contributed by atoms with Crippen LogP contribution in [0.4, 0.5) is 0 Å². The van der Waals surface area contributed by atoms with Crippen molar-refractivity contribution >= 4 is 6.08 Å². The van der Waals surface area contributed by atoms with Gasteiger partial charge in [-0.3, -0.25) is 4.98 Å². The van der Waals surface area contributed by atoms with Gasteiger partial charge < -0.3 is 29.9 Å². The zero-order chi connectivity index (χ0) is 15.4. The number of aliphatic hydroxyl groups is 4. The fraction of sp³-hybridized carbons (Fsp3) is 0.500. The average Bonchev–Trinajstić information content (AvgIpc) is 2.52. The van der Waals surface area contributed by atoms with Gasteiger partial charge in [-0.1, -0.05) is 12.6 Å². The Labute approximate surface area is 122 Å². The molecule has 1 aromatic rings. The van der Waals surface area contributed by atoms with Gasteiger partial charge in [0, 0.05) is 6.20 Å². The normalized spacial score (nSPS) is 32.9. The zero-order valence-electron chi connectivity index (χ0n) is 11.4. The zero-order valence-corrected chi connectivity index (χ0v) is 11.4. The molecule has 2 unspecified atom stereocenters. The molecule has 1 aromatic heterocycles. The summed E-state index contributed by atoms with van der Waals surface area (Å²) >= 11 is 0. The minimum absolute atomic E-state index is 0.104. The highest BCUT2D eigenvalue weighted by Crippen LogP contribution is 2.22. The van der Waals surface area contributed by atoms with Crippen molar-refractivity contribution in [2.45, 2.75) is 37.3 Å². The van der Waals surface area contributed by atoms with Crippen LogP contribution in [0.1, 0.15) is 11.3 Å². The number of aliphatic hydroxyl groups excluding tert-OH is 4. The number of aromatic nitrogens is 1. The molecule has 1 fully saturated rings. The second kappa shape index (κ2) is 7.08. The Hall–Kier alpha value is -1.35. The van der Waals surface area contributed by atoms with Crippen LogP contribution in [-0.4, -0.2) is 62.7 Å². The monoisotopic (exact) mass is 297 g/mol. The summed E-state index contributed by atoms with van der Waals surface area (Å²) in [5.74, 6) is 0. The van der Waals surface area contributed by atoms with Crippen molar-refractivity contribution in [3.63, 3.8) is 0 Å². The van der Waals surface area contributed by atoms with Gasteiger partial charge in [0.15, 0.2) is 6.29 Å². The summed E-state index contributed by atoms with van der Waals surface area (Å²) in [5, 5.41) is 38.2. The maximum absolute atomic E-state index is 9.81. The van der Waals surface area contributed by atoms with Crippen LogP contribution in [0.2, 0.25) is 0 Å². The summed E-state index contributed by atoms with van der Waals surface area (Å²) in [6.07, 6.45) is -3.14. The molecule has 7 nitrogen and oxygen atoms in total. The number of pyridine rings is 1. The second-order valence-corrected chi connectivity index (χ2v) is 4.80. The van der Waals surface area contributed by atoms with Gasteiger partial charge in [-0.05, 0) is 17.7 Å². The van der Waals surface area contributed by atoms with E-state index < -0.39 is 37.3 Å². The van der Waals surface area contributed by atoms with Gasteiger partial charge in [0.05, 0.1) is 18.9 Å². The van der Waals surface area contributed by atoms with E-state index in [4.69, 9.17) is 14.6 Å². The summed E-state index contributed by atoms with van der Waals surface area (Å²) in [7, 11) is 0. The van der Waals surface area contributed by atoms with E-state index in [-0.39, 0.29) is 6.61 Å². The van der Waals surface area contributed by atoms with Crippen molar-refractivity contribution in [2.75, 3.05) is 6.61 Å². The van der Waals surface area contributed by atoms with Gasteiger partial charge in [-0.15, -0.1) is 0 Å². The van der Waals surface area contributed by atoms with Crippen molar-refractivity contribution < 1.29 is 29.9 Å². The van der Waals surface area contributed by atoms with E-state index in [1.807, 2.05) is 0 Å². The highest BCUT2D eigenvalue weighted by molar-refractivity contribution is 5.41. The minimum atomic E-state index is -1.44. The molecule has 5 atom stereocenters. The molecule has 0 radical (unpaired) electrons. The predicted molar refractivity (Wildman–Crippen MR) is 72.9 cm³/mol. The van der Waals surface area contributed by atoms with Crippen molar-refractivity contribution in [3.8, 4) is 0 Å². The molecule has 0 bridgehead atoms. The first-order chi connectivity index (χ1) is 10.1. The number of hydrogen-bond donors (Lipinski definition) is 4. The lowest BCUT2D eigenvalue weighted by molar-refractivity contribution is -0.304. The lowest BCUT2D eigenvalue weighted by Gasteiger charge is -2.39. The SMILES string of the molecule is C=Cc1ccc(CO[C@@H]2OC(CO)[C@@H](O)C(O)[C@@H]2O)cn1. The molecule has 7 heteroatoms. The number of ether oxygens (including phenoxy) is 2. The number of rotatable bonds is 5. The van der Waals surface area contributed by atoms with E-state index in [1.165, 1.54) is 0 Å². The molecule has 1 saturated heterocycles. The third kappa shape index (κ3) is 3.65. The summed E-state index contributed by atoms with van der Waals surface area (Å²) in [6, 6.07) is 3.55. The lowest BCUT2D eigenvalue weighted by atomic mass is 9.99. The lowest BCUT2D eigenvalue weighted by Crippen LogP contribution is -2.59. The molecule has 4 N–H and O–H groups in total. The molecule has 116 valence electrons. The molecule has 2 heterocycles. The van der Waals surface area contributed by atoms with Gasteiger partial charge in [0.25, 0.3) is 0 Å². The first-order valence-electron chi connectivity index (χ1n) is 6.56. The Morgan fingerprint density at radius 1 is 1.24 bits per heavy atom. The van der Waals surface area contributed by atoms with Gasteiger partial charge in [-0.25, -0.2) is 0 Å². The standard InChI is InChI=1S/C14H19NO6/c1-2-9-4-3-8(5-15-9)7-20-14-13(19)12(18)11(17)10(6-16)21-14/h2-5,10-14,16-19H,1,6-7H2/t10?,11-,12?,13+,14-/m1/s1. The van der Waals surface area contributed by atoms with E-state index >= 15 is 0 Å². The Morgan fingerprint density at radius 2 is 2.00 bits per heavy atom. The van der Waals surface area contributed by atoms with Gasteiger partial charge in [0.1, 0.15) is 24.4 Å². The van der Waals surface area contributed by atoms with Crippen LogP contribution in [0, 0.1) is 0 Å². The minimum Gasteiger partial charge on any atom is -0.394 e. The third-order valence-electron chi connectivity index (χ3n) is 3.32. The van der Waals surface area contributed by atoms with Gasteiger partial charge >= 0.3 is 0 Å². The van der Waals surface area contributed by atoms with Crippen molar-refractivity contribution in [3.05, 3.63) is 36.2 Å². The van der Waals surface area contributed by atoms with Crippen LogP contribution in [-0.2, 0) is 16.1 Å². The Bertz CT molecular complexity index is 463. The molecule has 0 aliphatic carbocycles. The number of nitrogens with zero attached hydrogens (tertiary/aromatic N) is 1. The molecule has 21 heavy (non-hydrogen) atoms. The van der Waals surface area contributed by atoms with Crippen LogP contribution in [0.5, 0.6) is 0 Å². The van der Waals surface area contributed by atoms with E-state index in [1.54, 1.807) is 24.4 Å². The van der Waals surface area contributed by atoms with Crippen LogP contribution in [0.15, 0.2) is 24.9 Å². The maximum Gasteiger partial charge on any atom is 0.187 e. The van der Waals surface area contributed by atoms with E-state index in [2.05, 4.69) is 11.6 Å². The molecule has 0 spiro atoms. The van der Waals surface area contributed by atoms with Crippen molar-refractivity contribution in [2.24, 2.45) is 0 Å². The quantitative estimate of drug-likeness (QED) is 0.554. The van der Waals surface area contributed by atoms with Crippen LogP contribution in [0.25, 0.3) is 6.08 Å². The molecule has 2 rings (SSSR count). The molecular weight excluding hydrogens is 278 g/mol. The Kier molecular flexibility index (Phi) is 5.40. The highest BCUT2D eigenvalue weighted by Gasteiger charge is 2.43. The average molecular weight is 297 g/mol. The fourth-order valence-corrected chi connectivity index (χ4v) is 2.03. The number of hydrogen-bond acceptors (Lipinski definition) is 7. The molecule has 0 aromatic carbocycles. The first-order valence-corrected chi connectivity index (χ1v) is 6.56. The molecule has 0 amide bonds.